The Morgan fingerprint density at radius 1 is 1.25 bits per heavy atom. The second-order valence-electron chi connectivity index (χ2n) is 4.25. The summed E-state index contributed by atoms with van der Waals surface area (Å²) in [5.74, 6) is -3.84. The van der Waals surface area contributed by atoms with Gasteiger partial charge in [0.2, 0.25) is 0 Å². The molecule has 20 heavy (non-hydrogen) atoms. The van der Waals surface area contributed by atoms with Crippen molar-refractivity contribution in [3.63, 3.8) is 0 Å². The Labute approximate surface area is 114 Å². The Kier molecular flexibility index (Phi) is 3.98. The normalized spacial score (nSPS) is 10.3. The minimum Gasteiger partial charge on any atom is -0.488 e. The smallest absolute Gasteiger partial charge is 0.339 e. The summed E-state index contributed by atoms with van der Waals surface area (Å²) >= 11 is 0. The van der Waals surface area contributed by atoms with Gasteiger partial charge in [-0.05, 0) is 12.5 Å². The minimum atomic E-state index is -1.36. The highest BCUT2D eigenvalue weighted by Gasteiger charge is 2.21. The van der Waals surface area contributed by atoms with E-state index in [2.05, 4.69) is 0 Å². The van der Waals surface area contributed by atoms with Crippen LogP contribution in [0.15, 0.2) is 36.4 Å². The lowest BCUT2D eigenvalue weighted by Crippen LogP contribution is -2.08. The summed E-state index contributed by atoms with van der Waals surface area (Å²) in [6.45, 7) is 1.28. The summed E-state index contributed by atoms with van der Waals surface area (Å²) in [6, 6.07) is 9.75. The highest BCUT2D eigenvalue weighted by Crippen LogP contribution is 2.27. The molecule has 0 aromatic heterocycles. The van der Waals surface area contributed by atoms with Crippen LogP contribution in [0.2, 0.25) is 0 Å². The van der Waals surface area contributed by atoms with Gasteiger partial charge in [-0.1, -0.05) is 30.3 Å². The first-order chi connectivity index (χ1) is 9.50. The predicted molar refractivity (Wildman–Crippen MR) is 68.8 cm³/mol. The zero-order valence-corrected chi connectivity index (χ0v) is 10.7. The van der Waals surface area contributed by atoms with Gasteiger partial charge in [0, 0.05) is 11.6 Å². The number of hydrogen-bond donors (Lipinski definition) is 1. The molecule has 0 fully saturated rings. The van der Waals surface area contributed by atoms with Gasteiger partial charge in [0.05, 0.1) is 0 Å². The number of ether oxygens (including phenoxy) is 1. The van der Waals surface area contributed by atoms with Crippen molar-refractivity contribution >= 4 is 5.97 Å². The fourth-order valence-corrected chi connectivity index (χ4v) is 1.84. The fraction of sp³-hybridized carbons (Fsp3) is 0.133. The zero-order valence-electron chi connectivity index (χ0n) is 10.7. The first-order valence-corrected chi connectivity index (χ1v) is 5.89. The average molecular weight is 278 g/mol. The molecule has 3 nitrogen and oxygen atoms in total. The van der Waals surface area contributed by atoms with Crippen LogP contribution >= 0.6 is 0 Å². The number of carboxylic acids is 1. The summed E-state index contributed by atoms with van der Waals surface area (Å²) in [5.41, 5.74) is 0.159. The largest absolute Gasteiger partial charge is 0.488 e. The van der Waals surface area contributed by atoms with E-state index in [1.807, 2.05) is 6.07 Å². The van der Waals surface area contributed by atoms with E-state index in [9.17, 15) is 13.6 Å². The van der Waals surface area contributed by atoms with Crippen LogP contribution in [0.5, 0.6) is 5.75 Å². The molecule has 0 unspecified atom stereocenters. The molecule has 0 heterocycles. The third-order valence-electron chi connectivity index (χ3n) is 2.87. The van der Waals surface area contributed by atoms with Crippen molar-refractivity contribution in [1.29, 1.82) is 0 Å². The van der Waals surface area contributed by atoms with Gasteiger partial charge in [-0.15, -0.1) is 0 Å². The van der Waals surface area contributed by atoms with E-state index in [-0.39, 0.29) is 23.5 Å². The maximum Gasteiger partial charge on any atom is 0.339 e. The molecule has 2 aromatic carbocycles. The summed E-state index contributed by atoms with van der Waals surface area (Å²) in [4.78, 5) is 11.1. The molecule has 1 N–H and O–H groups in total. The third kappa shape index (κ3) is 2.77. The molecule has 0 atom stereocenters. The van der Waals surface area contributed by atoms with Crippen LogP contribution in [0.3, 0.4) is 0 Å². The van der Waals surface area contributed by atoms with E-state index in [1.165, 1.54) is 6.92 Å². The van der Waals surface area contributed by atoms with Crippen LogP contribution < -0.4 is 4.74 Å². The van der Waals surface area contributed by atoms with E-state index >= 15 is 0 Å². The molecule has 0 saturated heterocycles. The number of benzene rings is 2. The van der Waals surface area contributed by atoms with Crippen LogP contribution in [0, 0.1) is 18.6 Å². The molecular formula is C15H12F2O3. The molecule has 0 aliphatic rings. The van der Waals surface area contributed by atoms with Crippen molar-refractivity contribution in [3.8, 4) is 5.75 Å². The second kappa shape index (κ2) is 5.69. The number of halogens is 2. The fourth-order valence-electron chi connectivity index (χ4n) is 1.84. The minimum absolute atomic E-state index is 0.0750. The van der Waals surface area contributed by atoms with Gasteiger partial charge in [-0.25, -0.2) is 13.6 Å². The number of carboxylic acid groups (broad SMARTS) is 1. The van der Waals surface area contributed by atoms with Gasteiger partial charge in [-0.2, -0.15) is 0 Å². The first kappa shape index (κ1) is 14.0. The molecule has 0 radical (unpaired) electrons. The van der Waals surface area contributed by atoms with Crippen molar-refractivity contribution in [2.24, 2.45) is 0 Å². The summed E-state index contributed by atoms with van der Waals surface area (Å²) in [5, 5.41) is 9.09. The van der Waals surface area contributed by atoms with Crippen LogP contribution in [-0.4, -0.2) is 11.1 Å². The maximum absolute atomic E-state index is 13.4. The van der Waals surface area contributed by atoms with Crippen LogP contribution in [-0.2, 0) is 6.61 Å². The monoisotopic (exact) mass is 278 g/mol. The van der Waals surface area contributed by atoms with E-state index < -0.39 is 17.6 Å². The van der Waals surface area contributed by atoms with Crippen molar-refractivity contribution in [1.82, 2.24) is 0 Å². The van der Waals surface area contributed by atoms with Gasteiger partial charge in [0.25, 0.3) is 0 Å². The topological polar surface area (TPSA) is 46.5 Å². The van der Waals surface area contributed by atoms with Crippen LogP contribution in [0.4, 0.5) is 8.78 Å². The highest BCUT2D eigenvalue weighted by molar-refractivity contribution is 5.92. The molecule has 2 aromatic rings. The lowest BCUT2D eigenvalue weighted by Gasteiger charge is -2.12. The van der Waals surface area contributed by atoms with Gasteiger partial charge >= 0.3 is 5.97 Å². The number of hydrogen-bond acceptors (Lipinski definition) is 2. The Morgan fingerprint density at radius 2 is 1.90 bits per heavy atom. The molecule has 0 saturated carbocycles. The average Bonchev–Trinajstić information content (AvgIpc) is 2.43. The lowest BCUT2D eigenvalue weighted by molar-refractivity contribution is 0.0690. The van der Waals surface area contributed by atoms with Gasteiger partial charge in [-0.3, -0.25) is 0 Å². The quantitative estimate of drug-likeness (QED) is 0.930. The molecule has 104 valence electrons. The van der Waals surface area contributed by atoms with Gasteiger partial charge in [0.1, 0.15) is 17.9 Å². The van der Waals surface area contributed by atoms with E-state index in [4.69, 9.17) is 9.84 Å². The number of carbonyl (C=O) groups is 1. The van der Waals surface area contributed by atoms with Crippen molar-refractivity contribution < 1.29 is 23.4 Å². The molecule has 0 aliphatic carbocycles. The van der Waals surface area contributed by atoms with Gasteiger partial charge in [0.15, 0.2) is 11.6 Å². The molecule has 2 rings (SSSR count). The SMILES string of the molecule is Cc1c(F)c(F)cc(OCc2ccccc2)c1C(=O)O. The number of aromatic carboxylic acids is 1. The summed E-state index contributed by atoms with van der Waals surface area (Å²) in [6.07, 6.45) is 0. The van der Waals surface area contributed by atoms with Crippen molar-refractivity contribution in [2.45, 2.75) is 13.5 Å². The molecule has 0 aliphatic heterocycles. The number of rotatable bonds is 4. The Hall–Kier alpha value is -2.43. The predicted octanol–water partition coefficient (Wildman–Crippen LogP) is 3.55. The third-order valence-corrected chi connectivity index (χ3v) is 2.87. The first-order valence-electron chi connectivity index (χ1n) is 5.89. The molecule has 5 heteroatoms. The molecule has 0 amide bonds. The van der Waals surface area contributed by atoms with Crippen LogP contribution in [0.25, 0.3) is 0 Å². The Morgan fingerprint density at radius 3 is 2.50 bits per heavy atom. The second-order valence-corrected chi connectivity index (χ2v) is 4.25. The van der Waals surface area contributed by atoms with Crippen molar-refractivity contribution in [2.75, 3.05) is 0 Å². The van der Waals surface area contributed by atoms with E-state index in [0.717, 1.165) is 11.6 Å². The Bertz CT molecular complexity index is 639. The molecule has 0 bridgehead atoms. The van der Waals surface area contributed by atoms with Crippen LogP contribution in [0.1, 0.15) is 21.5 Å². The summed E-state index contributed by atoms with van der Waals surface area (Å²) in [7, 11) is 0. The standard InChI is InChI=1S/C15H12F2O3/c1-9-13(15(18)19)12(7-11(16)14(9)17)20-8-10-5-3-2-4-6-10/h2-7H,8H2,1H3,(H,18,19). The van der Waals surface area contributed by atoms with E-state index in [0.29, 0.717) is 0 Å². The van der Waals surface area contributed by atoms with E-state index in [1.54, 1.807) is 24.3 Å². The lowest BCUT2D eigenvalue weighted by atomic mass is 10.1. The highest BCUT2D eigenvalue weighted by atomic mass is 19.2. The Balaban J connectivity index is 2.34. The van der Waals surface area contributed by atoms with Crippen molar-refractivity contribution in [3.05, 3.63) is 64.7 Å². The zero-order chi connectivity index (χ0) is 14.7. The molecule has 0 spiro atoms. The summed E-state index contributed by atoms with van der Waals surface area (Å²) < 4.78 is 32.1. The van der Waals surface area contributed by atoms with Gasteiger partial charge < -0.3 is 9.84 Å². The maximum atomic E-state index is 13.4. The molecular weight excluding hydrogens is 266 g/mol.